The van der Waals surface area contributed by atoms with Gasteiger partial charge in [0.2, 0.25) is 0 Å². The van der Waals surface area contributed by atoms with Crippen molar-refractivity contribution >= 4 is 17.7 Å². The number of benzene rings is 1. The quantitative estimate of drug-likeness (QED) is 0.785. The Balaban J connectivity index is 1.60. The molecule has 1 aromatic carbocycles. The number of rotatable bonds is 7. The lowest BCUT2D eigenvalue weighted by atomic mass is 10.1. The van der Waals surface area contributed by atoms with Gasteiger partial charge < -0.3 is 10.1 Å². The Morgan fingerprint density at radius 2 is 2.19 bits per heavy atom. The number of ether oxygens (including phenoxy) is 1. The van der Waals surface area contributed by atoms with E-state index < -0.39 is 0 Å². The summed E-state index contributed by atoms with van der Waals surface area (Å²) in [5.74, 6) is 1.06. The second-order valence-electron chi connectivity index (χ2n) is 5.64. The first-order chi connectivity index (χ1) is 10.3. The van der Waals surface area contributed by atoms with E-state index in [9.17, 15) is 4.79 Å². The summed E-state index contributed by atoms with van der Waals surface area (Å²) in [7, 11) is 0. The van der Waals surface area contributed by atoms with Crippen molar-refractivity contribution in [2.24, 2.45) is 5.92 Å². The smallest absolute Gasteiger partial charge is 0.310 e. The highest BCUT2D eigenvalue weighted by molar-refractivity contribution is 7.99. The maximum absolute atomic E-state index is 11.9. The second kappa shape index (κ2) is 9.11. The van der Waals surface area contributed by atoms with E-state index in [2.05, 4.69) is 17.1 Å². The van der Waals surface area contributed by atoms with Crippen molar-refractivity contribution in [3.05, 3.63) is 35.9 Å². The van der Waals surface area contributed by atoms with Crippen LogP contribution in [0.1, 0.15) is 31.7 Å². The molecule has 3 nitrogen and oxygen atoms in total. The minimum atomic E-state index is -0.123. The van der Waals surface area contributed by atoms with Crippen molar-refractivity contribution in [1.29, 1.82) is 0 Å². The fourth-order valence-corrected chi connectivity index (χ4v) is 3.66. The number of hydrogen-bond acceptors (Lipinski definition) is 4. The molecule has 0 saturated carbocycles. The zero-order valence-corrected chi connectivity index (χ0v) is 13.5. The molecule has 0 aliphatic carbocycles. The topological polar surface area (TPSA) is 38.3 Å². The molecule has 21 heavy (non-hydrogen) atoms. The summed E-state index contributed by atoms with van der Waals surface area (Å²) < 4.78 is 5.35. The van der Waals surface area contributed by atoms with Gasteiger partial charge >= 0.3 is 5.97 Å². The van der Waals surface area contributed by atoms with Crippen LogP contribution < -0.4 is 5.32 Å². The van der Waals surface area contributed by atoms with Gasteiger partial charge in [-0.1, -0.05) is 43.7 Å². The Kier molecular flexibility index (Phi) is 7.10. The molecule has 2 rings (SSSR count). The van der Waals surface area contributed by atoms with Crippen molar-refractivity contribution in [2.75, 3.05) is 18.8 Å². The van der Waals surface area contributed by atoms with Crippen molar-refractivity contribution in [3.63, 3.8) is 0 Å². The van der Waals surface area contributed by atoms with Crippen molar-refractivity contribution in [2.45, 2.75) is 38.0 Å². The zero-order chi connectivity index (χ0) is 14.9. The van der Waals surface area contributed by atoms with E-state index in [0.717, 1.165) is 12.1 Å². The van der Waals surface area contributed by atoms with Crippen LogP contribution in [0.2, 0.25) is 0 Å². The molecule has 1 N–H and O–H groups in total. The lowest BCUT2D eigenvalue weighted by Gasteiger charge is -2.22. The van der Waals surface area contributed by atoms with Crippen LogP contribution in [0.15, 0.2) is 30.3 Å². The van der Waals surface area contributed by atoms with Gasteiger partial charge in [0.1, 0.15) is 6.61 Å². The second-order valence-corrected chi connectivity index (χ2v) is 7.05. The molecule has 0 amide bonds. The summed E-state index contributed by atoms with van der Waals surface area (Å²) in [4.78, 5) is 11.9. The summed E-state index contributed by atoms with van der Waals surface area (Å²) in [6, 6.07) is 9.81. The Morgan fingerprint density at radius 1 is 1.38 bits per heavy atom. The average molecular weight is 307 g/mol. The van der Waals surface area contributed by atoms with Crippen LogP contribution in [0.3, 0.4) is 0 Å². The van der Waals surface area contributed by atoms with Gasteiger partial charge in [0.05, 0.1) is 5.92 Å². The van der Waals surface area contributed by atoms with Crippen LogP contribution >= 0.6 is 11.8 Å². The van der Waals surface area contributed by atoms with Gasteiger partial charge in [-0.05, 0) is 24.2 Å². The summed E-state index contributed by atoms with van der Waals surface area (Å²) >= 11 is 2.05. The van der Waals surface area contributed by atoms with Crippen LogP contribution in [0, 0.1) is 5.92 Å². The molecule has 2 unspecified atom stereocenters. The molecule has 0 spiro atoms. The van der Waals surface area contributed by atoms with Crippen LogP contribution in [0.5, 0.6) is 0 Å². The summed E-state index contributed by atoms with van der Waals surface area (Å²) in [5, 5.41) is 4.13. The lowest BCUT2D eigenvalue weighted by Crippen LogP contribution is -2.33. The number of esters is 1. The Bertz CT molecular complexity index is 418. The van der Waals surface area contributed by atoms with Crippen LogP contribution in [0.25, 0.3) is 0 Å². The van der Waals surface area contributed by atoms with Gasteiger partial charge in [-0.3, -0.25) is 4.79 Å². The minimum absolute atomic E-state index is 0.0951. The van der Waals surface area contributed by atoms with Gasteiger partial charge in [0, 0.05) is 18.3 Å². The van der Waals surface area contributed by atoms with E-state index in [1.54, 1.807) is 0 Å². The molecule has 4 heteroatoms. The molecule has 1 aliphatic heterocycles. The standard InChI is InChI=1S/C17H25NO2S/c1-14(11-18-12-16-9-5-6-10-21-16)17(19)20-13-15-7-3-2-4-8-15/h2-4,7-8,14,16,18H,5-6,9-13H2,1H3. The highest BCUT2D eigenvalue weighted by atomic mass is 32.2. The molecule has 1 heterocycles. The van der Waals surface area contributed by atoms with E-state index in [1.165, 1.54) is 25.0 Å². The van der Waals surface area contributed by atoms with Gasteiger partial charge in [-0.2, -0.15) is 11.8 Å². The van der Waals surface area contributed by atoms with Crippen LogP contribution in [0.4, 0.5) is 0 Å². The number of nitrogens with one attached hydrogen (secondary N) is 1. The fourth-order valence-electron chi connectivity index (χ4n) is 2.38. The SMILES string of the molecule is CC(CNCC1CCCCS1)C(=O)OCc1ccccc1. The highest BCUT2D eigenvalue weighted by Crippen LogP contribution is 2.24. The first kappa shape index (κ1) is 16.4. The third kappa shape index (κ3) is 6.10. The van der Waals surface area contributed by atoms with E-state index in [1.807, 2.05) is 37.3 Å². The minimum Gasteiger partial charge on any atom is -0.461 e. The molecule has 1 aliphatic rings. The maximum Gasteiger partial charge on any atom is 0.310 e. The molecule has 1 saturated heterocycles. The van der Waals surface area contributed by atoms with Crippen molar-refractivity contribution in [1.82, 2.24) is 5.32 Å². The molecular formula is C17H25NO2S. The Hall–Kier alpha value is -1.00. The molecule has 1 fully saturated rings. The fraction of sp³-hybridized carbons (Fsp3) is 0.588. The monoisotopic (exact) mass is 307 g/mol. The predicted molar refractivity (Wildman–Crippen MR) is 88.4 cm³/mol. The molecule has 116 valence electrons. The summed E-state index contributed by atoms with van der Waals surface area (Å²) in [6.45, 7) is 3.99. The van der Waals surface area contributed by atoms with Crippen LogP contribution in [-0.4, -0.2) is 30.1 Å². The summed E-state index contributed by atoms with van der Waals surface area (Å²) in [6.07, 6.45) is 3.99. The van der Waals surface area contributed by atoms with Gasteiger partial charge in [0.15, 0.2) is 0 Å². The maximum atomic E-state index is 11.9. The van der Waals surface area contributed by atoms with Gasteiger partial charge in [-0.15, -0.1) is 0 Å². The third-order valence-corrected chi connectivity index (χ3v) is 5.12. The average Bonchev–Trinajstić information content (AvgIpc) is 2.54. The van der Waals surface area contributed by atoms with E-state index >= 15 is 0 Å². The molecule has 2 atom stereocenters. The molecule has 0 radical (unpaired) electrons. The molecular weight excluding hydrogens is 282 g/mol. The molecule has 0 bridgehead atoms. The number of carbonyl (C=O) groups excluding carboxylic acids is 1. The Labute approximate surface area is 131 Å². The van der Waals surface area contributed by atoms with E-state index in [0.29, 0.717) is 18.4 Å². The number of hydrogen-bond donors (Lipinski definition) is 1. The normalized spacial score (nSPS) is 20.0. The van der Waals surface area contributed by atoms with Crippen molar-refractivity contribution in [3.8, 4) is 0 Å². The number of carbonyl (C=O) groups is 1. The van der Waals surface area contributed by atoms with E-state index in [4.69, 9.17) is 4.74 Å². The molecule has 0 aromatic heterocycles. The first-order valence-corrected chi connectivity index (χ1v) is 8.83. The predicted octanol–water partition coefficient (Wildman–Crippen LogP) is 3.24. The summed E-state index contributed by atoms with van der Waals surface area (Å²) in [5.41, 5.74) is 1.03. The zero-order valence-electron chi connectivity index (χ0n) is 12.7. The third-order valence-electron chi connectivity index (χ3n) is 3.72. The van der Waals surface area contributed by atoms with Gasteiger partial charge in [0.25, 0.3) is 0 Å². The van der Waals surface area contributed by atoms with Gasteiger partial charge in [-0.25, -0.2) is 0 Å². The highest BCUT2D eigenvalue weighted by Gasteiger charge is 2.17. The molecule has 1 aromatic rings. The largest absolute Gasteiger partial charge is 0.461 e. The van der Waals surface area contributed by atoms with Crippen LogP contribution in [-0.2, 0) is 16.1 Å². The van der Waals surface area contributed by atoms with E-state index in [-0.39, 0.29) is 11.9 Å². The van der Waals surface area contributed by atoms with Crippen molar-refractivity contribution < 1.29 is 9.53 Å². The number of thioether (sulfide) groups is 1. The lowest BCUT2D eigenvalue weighted by molar-refractivity contribution is -0.149. The first-order valence-electron chi connectivity index (χ1n) is 7.78. The Morgan fingerprint density at radius 3 is 2.90 bits per heavy atom.